The Labute approximate surface area is 117 Å². The number of hydrogen-bond donors (Lipinski definition) is 2. The number of amides is 1. The van der Waals surface area contributed by atoms with Crippen LogP contribution in [0.15, 0.2) is 24.3 Å². The van der Waals surface area contributed by atoms with Crippen molar-refractivity contribution < 1.29 is 13.6 Å². The Kier molecular flexibility index (Phi) is 6.18. The molecule has 1 fully saturated rings. The maximum Gasteiger partial charge on any atom is 0.263 e. The van der Waals surface area contributed by atoms with Gasteiger partial charge < -0.3 is 10.6 Å². The highest BCUT2D eigenvalue weighted by atomic mass is 35.5. The molecular formula is C13H17ClF2N2O. The number of hydrogen-bond acceptors (Lipinski definition) is 2. The van der Waals surface area contributed by atoms with Gasteiger partial charge in [-0.3, -0.25) is 4.79 Å². The highest BCUT2D eigenvalue weighted by molar-refractivity contribution is 5.91. The summed E-state index contributed by atoms with van der Waals surface area (Å²) in [5.74, 6) is -0.138. The minimum atomic E-state index is -2.52. The van der Waals surface area contributed by atoms with Crippen LogP contribution in [-0.4, -0.2) is 18.5 Å². The molecule has 1 heterocycles. The van der Waals surface area contributed by atoms with Crippen LogP contribution < -0.4 is 10.6 Å². The standard InChI is InChI=1S/C13H16F2N2O.ClH/c14-13(15)9-3-1-4-11(7-9)17-12(18)8-10-5-2-6-16-10;/h1,3-4,7,10,13,16H,2,5-6,8H2,(H,17,18);1H. The third-order valence-corrected chi connectivity index (χ3v) is 3.02. The van der Waals surface area contributed by atoms with E-state index in [2.05, 4.69) is 10.6 Å². The molecule has 1 amide bonds. The predicted octanol–water partition coefficient (Wildman–Crippen LogP) is 3.13. The van der Waals surface area contributed by atoms with Crippen LogP contribution in [0.3, 0.4) is 0 Å². The molecule has 1 aliphatic heterocycles. The van der Waals surface area contributed by atoms with Gasteiger partial charge in [0, 0.05) is 23.7 Å². The number of carbonyl (C=O) groups is 1. The van der Waals surface area contributed by atoms with E-state index in [0.29, 0.717) is 12.1 Å². The molecule has 0 spiro atoms. The molecule has 19 heavy (non-hydrogen) atoms. The summed E-state index contributed by atoms with van der Waals surface area (Å²) >= 11 is 0. The molecular weight excluding hydrogens is 274 g/mol. The Morgan fingerprint density at radius 3 is 2.89 bits per heavy atom. The minimum absolute atomic E-state index is 0. The van der Waals surface area contributed by atoms with Gasteiger partial charge in [0.2, 0.25) is 5.91 Å². The molecule has 3 nitrogen and oxygen atoms in total. The summed E-state index contributed by atoms with van der Waals surface area (Å²) in [6.45, 7) is 0.943. The Bertz CT molecular complexity index is 423. The molecule has 0 bridgehead atoms. The van der Waals surface area contributed by atoms with Gasteiger partial charge in [-0.05, 0) is 31.5 Å². The molecule has 6 heteroatoms. The second-order valence-electron chi connectivity index (χ2n) is 4.47. The third kappa shape index (κ3) is 4.76. The fraction of sp³-hybridized carbons (Fsp3) is 0.462. The summed E-state index contributed by atoms with van der Waals surface area (Å²) in [5, 5.41) is 5.87. The number of nitrogens with one attached hydrogen (secondary N) is 2. The van der Waals surface area contributed by atoms with Crippen molar-refractivity contribution in [1.82, 2.24) is 5.32 Å². The van der Waals surface area contributed by atoms with E-state index in [1.165, 1.54) is 18.2 Å². The number of carbonyl (C=O) groups excluding carboxylic acids is 1. The summed E-state index contributed by atoms with van der Waals surface area (Å²) in [6.07, 6.45) is -0.0549. The van der Waals surface area contributed by atoms with Gasteiger partial charge >= 0.3 is 0 Å². The first kappa shape index (κ1) is 15.9. The van der Waals surface area contributed by atoms with Gasteiger partial charge in [0.05, 0.1) is 0 Å². The van der Waals surface area contributed by atoms with Crippen molar-refractivity contribution >= 4 is 24.0 Å². The van der Waals surface area contributed by atoms with Crippen molar-refractivity contribution in [1.29, 1.82) is 0 Å². The first-order chi connectivity index (χ1) is 8.65. The van der Waals surface area contributed by atoms with Gasteiger partial charge in [-0.15, -0.1) is 12.4 Å². The molecule has 0 aromatic heterocycles. The maximum absolute atomic E-state index is 12.5. The zero-order valence-electron chi connectivity index (χ0n) is 10.4. The van der Waals surface area contributed by atoms with Crippen molar-refractivity contribution in [2.45, 2.75) is 31.7 Å². The minimum Gasteiger partial charge on any atom is -0.326 e. The van der Waals surface area contributed by atoms with Crippen molar-refractivity contribution in [2.24, 2.45) is 0 Å². The molecule has 0 radical (unpaired) electrons. The SMILES string of the molecule is Cl.O=C(CC1CCCN1)Nc1cccc(C(F)F)c1. The molecule has 0 aliphatic carbocycles. The Balaban J connectivity index is 0.00000180. The van der Waals surface area contributed by atoms with Crippen molar-refractivity contribution in [3.63, 3.8) is 0 Å². The van der Waals surface area contributed by atoms with E-state index >= 15 is 0 Å². The predicted molar refractivity (Wildman–Crippen MR) is 72.9 cm³/mol. The molecule has 1 saturated heterocycles. The molecule has 2 rings (SSSR count). The van der Waals surface area contributed by atoms with E-state index in [0.717, 1.165) is 19.4 Å². The van der Waals surface area contributed by atoms with Gasteiger partial charge in [-0.1, -0.05) is 12.1 Å². The van der Waals surface area contributed by atoms with Crippen LogP contribution in [0.25, 0.3) is 0 Å². The summed E-state index contributed by atoms with van der Waals surface area (Å²) in [4.78, 5) is 11.7. The topological polar surface area (TPSA) is 41.1 Å². The number of anilines is 1. The Morgan fingerprint density at radius 2 is 2.26 bits per heavy atom. The summed E-state index contributed by atoms with van der Waals surface area (Å²) in [6, 6.07) is 6.00. The number of rotatable bonds is 4. The number of alkyl halides is 2. The van der Waals surface area contributed by atoms with E-state index in [1.807, 2.05) is 0 Å². The smallest absolute Gasteiger partial charge is 0.263 e. The van der Waals surface area contributed by atoms with Gasteiger partial charge in [0.25, 0.3) is 6.43 Å². The first-order valence-electron chi connectivity index (χ1n) is 6.06. The Morgan fingerprint density at radius 1 is 1.47 bits per heavy atom. The van der Waals surface area contributed by atoms with Gasteiger partial charge in [0.1, 0.15) is 0 Å². The fourth-order valence-electron chi connectivity index (χ4n) is 2.12. The summed E-state index contributed by atoms with van der Waals surface area (Å²) in [5.41, 5.74) is 0.350. The molecule has 0 saturated carbocycles. The van der Waals surface area contributed by atoms with Crippen molar-refractivity contribution in [3.05, 3.63) is 29.8 Å². The van der Waals surface area contributed by atoms with E-state index in [9.17, 15) is 13.6 Å². The highest BCUT2D eigenvalue weighted by Crippen LogP contribution is 2.22. The lowest BCUT2D eigenvalue weighted by atomic mass is 10.1. The highest BCUT2D eigenvalue weighted by Gasteiger charge is 2.17. The lowest BCUT2D eigenvalue weighted by molar-refractivity contribution is -0.116. The van der Waals surface area contributed by atoms with Crippen LogP contribution in [0.2, 0.25) is 0 Å². The zero-order valence-corrected chi connectivity index (χ0v) is 11.2. The molecule has 2 N–H and O–H groups in total. The molecule has 1 atom stereocenters. The lowest BCUT2D eigenvalue weighted by Crippen LogP contribution is -2.27. The van der Waals surface area contributed by atoms with E-state index in [4.69, 9.17) is 0 Å². The zero-order chi connectivity index (χ0) is 13.0. The molecule has 1 aromatic rings. The maximum atomic E-state index is 12.5. The van der Waals surface area contributed by atoms with Crippen LogP contribution in [-0.2, 0) is 4.79 Å². The fourth-order valence-corrected chi connectivity index (χ4v) is 2.12. The van der Waals surface area contributed by atoms with Gasteiger partial charge in [-0.2, -0.15) is 0 Å². The van der Waals surface area contributed by atoms with Crippen LogP contribution >= 0.6 is 12.4 Å². The normalized spacial score (nSPS) is 18.2. The Hall–Kier alpha value is -1.20. The van der Waals surface area contributed by atoms with Gasteiger partial charge in [0.15, 0.2) is 0 Å². The molecule has 106 valence electrons. The monoisotopic (exact) mass is 290 g/mol. The quantitative estimate of drug-likeness (QED) is 0.894. The second-order valence-corrected chi connectivity index (χ2v) is 4.47. The average molecular weight is 291 g/mol. The largest absolute Gasteiger partial charge is 0.326 e. The van der Waals surface area contributed by atoms with E-state index < -0.39 is 6.43 Å². The molecule has 1 unspecified atom stereocenters. The average Bonchev–Trinajstić information content (AvgIpc) is 2.82. The number of halogens is 3. The third-order valence-electron chi connectivity index (χ3n) is 3.02. The van der Waals surface area contributed by atoms with Crippen molar-refractivity contribution in [3.8, 4) is 0 Å². The molecule has 1 aromatic carbocycles. The van der Waals surface area contributed by atoms with Crippen LogP contribution in [0.4, 0.5) is 14.5 Å². The van der Waals surface area contributed by atoms with Crippen molar-refractivity contribution in [2.75, 3.05) is 11.9 Å². The lowest BCUT2D eigenvalue weighted by Gasteiger charge is -2.11. The second kappa shape index (κ2) is 7.40. The van der Waals surface area contributed by atoms with Crippen LogP contribution in [0.5, 0.6) is 0 Å². The summed E-state index contributed by atoms with van der Waals surface area (Å²) < 4.78 is 25.0. The van der Waals surface area contributed by atoms with Crippen LogP contribution in [0.1, 0.15) is 31.3 Å². The molecule has 1 aliphatic rings. The van der Waals surface area contributed by atoms with Crippen LogP contribution in [0, 0.1) is 0 Å². The van der Waals surface area contributed by atoms with Gasteiger partial charge in [-0.25, -0.2) is 8.78 Å². The number of benzene rings is 1. The first-order valence-corrected chi connectivity index (χ1v) is 6.06. The summed E-state index contributed by atoms with van der Waals surface area (Å²) in [7, 11) is 0. The van der Waals surface area contributed by atoms with E-state index in [-0.39, 0.29) is 29.9 Å². The van der Waals surface area contributed by atoms with E-state index in [1.54, 1.807) is 6.07 Å².